The molecule has 3 aliphatic rings. The number of aliphatic hydroxyl groups excluding tert-OH is 2. The van der Waals surface area contributed by atoms with Crippen LogP contribution in [0, 0.1) is 11.8 Å². The van der Waals surface area contributed by atoms with Gasteiger partial charge in [-0.25, -0.2) is 0 Å². The molecule has 43 heavy (non-hydrogen) atoms. The van der Waals surface area contributed by atoms with Crippen LogP contribution < -0.4 is 11.1 Å². The van der Waals surface area contributed by atoms with E-state index in [2.05, 4.69) is 5.32 Å². The first-order valence-electron chi connectivity index (χ1n) is 13.5. The lowest BCUT2D eigenvalue weighted by Crippen LogP contribution is -2.63. The van der Waals surface area contributed by atoms with Crippen LogP contribution in [0.25, 0.3) is 11.1 Å². The van der Waals surface area contributed by atoms with Crippen LogP contribution >= 0.6 is 0 Å². The molecule has 226 valence electrons. The first-order valence-corrected chi connectivity index (χ1v) is 13.5. The summed E-state index contributed by atoms with van der Waals surface area (Å²) >= 11 is 0. The van der Waals surface area contributed by atoms with Gasteiger partial charge in [0.2, 0.25) is 11.7 Å². The molecule has 0 bridgehead atoms. The lowest BCUT2D eigenvalue weighted by Gasteiger charge is -2.50. The van der Waals surface area contributed by atoms with Gasteiger partial charge in [-0.3, -0.25) is 24.1 Å². The Labute approximate surface area is 246 Å². The summed E-state index contributed by atoms with van der Waals surface area (Å²) in [7, 11) is 4.48. The van der Waals surface area contributed by atoms with Crippen molar-refractivity contribution in [1.82, 2.24) is 9.96 Å². The normalized spacial score (nSPS) is 25.0. The van der Waals surface area contributed by atoms with E-state index in [1.807, 2.05) is 0 Å². The third kappa shape index (κ3) is 4.66. The number of hydrogen-bond acceptors (Lipinski definition) is 11. The van der Waals surface area contributed by atoms with Crippen molar-refractivity contribution in [1.29, 1.82) is 0 Å². The summed E-state index contributed by atoms with van der Waals surface area (Å²) < 4.78 is 0. The number of aliphatic hydroxyl groups is 3. The summed E-state index contributed by atoms with van der Waals surface area (Å²) in [5.41, 5.74) is 3.69. The number of carbonyl (C=O) groups is 4. The van der Waals surface area contributed by atoms with E-state index < -0.39 is 64.0 Å². The number of nitrogens with zero attached hydrogens (tertiary/aromatic N) is 2. The molecule has 2 aromatic carbocycles. The van der Waals surface area contributed by atoms with Gasteiger partial charge in [0, 0.05) is 24.2 Å². The molecule has 0 saturated carbocycles. The zero-order valence-corrected chi connectivity index (χ0v) is 23.7. The van der Waals surface area contributed by atoms with Gasteiger partial charge in [-0.2, -0.15) is 5.06 Å². The monoisotopic (exact) mass is 592 g/mol. The number of aromatic hydroxyl groups is 1. The van der Waals surface area contributed by atoms with Gasteiger partial charge >= 0.3 is 0 Å². The van der Waals surface area contributed by atoms with Crippen LogP contribution in [0.1, 0.15) is 22.3 Å². The molecule has 0 spiro atoms. The molecule has 0 radical (unpaired) electrons. The molecule has 0 saturated heterocycles. The average Bonchev–Trinajstić information content (AvgIpc) is 2.90. The molecule has 13 nitrogen and oxygen atoms in total. The van der Waals surface area contributed by atoms with Crippen LogP contribution in [-0.2, 0) is 20.8 Å². The number of hydrogen-bond donors (Lipinski definition) is 7. The van der Waals surface area contributed by atoms with Crippen molar-refractivity contribution in [3.8, 4) is 16.9 Å². The standard InChI is InChI=1S/C30H32N4O9/c1-33(2)24-18-11-14-10-17-16(13-4-6-15(7-5-13)32-20(36)12-34(3)43)8-9-19(35)22(17)25(37)21(14)27(39)30(18,42)28(40)23(26(24)38)29(31)41/h4-9,14,18,24,35,38-39,42-43H,10-12H2,1-3H3,(H2,31,41)(H,32,36)/t14-,18-,24+,30-/m0/s1. The minimum atomic E-state index is -2.71. The van der Waals surface area contributed by atoms with Crippen molar-refractivity contribution in [2.75, 3.05) is 33.0 Å². The van der Waals surface area contributed by atoms with Crippen LogP contribution in [0.2, 0.25) is 0 Å². The highest BCUT2D eigenvalue weighted by molar-refractivity contribution is 6.25. The first-order chi connectivity index (χ1) is 20.2. The minimum absolute atomic E-state index is 0.0227. The molecule has 0 aliphatic heterocycles. The molecule has 0 heterocycles. The largest absolute Gasteiger partial charge is 0.510 e. The van der Waals surface area contributed by atoms with Gasteiger partial charge in [0.15, 0.2) is 11.4 Å². The van der Waals surface area contributed by atoms with Gasteiger partial charge in [0.1, 0.15) is 29.4 Å². The van der Waals surface area contributed by atoms with E-state index >= 15 is 0 Å². The Morgan fingerprint density at radius 2 is 1.70 bits per heavy atom. The quantitative estimate of drug-likeness (QED) is 0.186. The minimum Gasteiger partial charge on any atom is -0.510 e. The van der Waals surface area contributed by atoms with Crippen molar-refractivity contribution < 1.29 is 44.8 Å². The number of ketones is 2. The Morgan fingerprint density at radius 3 is 2.28 bits per heavy atom. The molecule has 2 aromatic rings. The predicted molar refractivity (Wildman–Crippen MR) is 152 cm³/mol. The third-order valence-electron chi connectivity index (χ3n) is 8.46. The molecular weight excluding hydrogens is 560 g/mol. The lowest BCUT2D eigenvalue weighted by molar-refractivity contribution is -0.148. The molecule has 8 N–H and O–H groups in total. The van der Waals surface area contributed by atoms with Crippen molar-refractivity contribution in [2.45, 2.75) is 24.5 Å². The highest BCUT2D eigenvalue weighted by atomic mass is 16.5. The second-order valence-electron chi connectivity index (χ2n) is 11.4. The Balaban J connectivity index is 1.59. The number of carbonyl (C=O) groups excluding carboxylic acids is 4. The van der Waals surface area contributed by atoms with E-state index in [4.69, 9.17) is 5.73 Å². The van der Waals surface area contributed by atoms with E-state index in [-0.39, 0.29) is 36.3 Å². The second kappa shape index (κ2) is 10.6. The maximum Gasteiger partial charge on any atom is 0.255 e. The van der Waals surface area contributed by atoms with Gasteiger partial charge in [0.05, 0.1) is 11.6 Å². The summed E-state index contributed by atoms with van der Waals surface area (Å²) in [6, 6.07) is 8.62. The Hall–Kier alpha value is -4.56. The van der Waals surface area contributed by atoms with Crippen molar-refractivity contribution in [2.24, 2.45) is 17.6 Å². The number of benzene rings is 2. The van der Waals surface area contributed by atoms with E-state index in [0.717, 1.165) is 5.06 Å². The fraction of sp³-hybridized carbons (Fsp3) is 0.333. The Morgan fingerprint density at radius 1 is 1.05 bits per heavy atom. The van der Waals surface area contributed by atoms with Gasteiger partial charge in [-0.05, 0) is 67.7 Å². The number of Topliss-reactive ketones (excluding diaryl/α,β-unsaturated/α-hetero) is 2. The maximum absolute atomic E-state index is 13.9. The zero-order chi connectivity index (χ0) is 31.5. The number of anilines is 1. The summed E-state index contributed by atoms with van der Waals surface area (Å²) in [5, 5.41) is 57.5. The SMILES string of the molecule is CN(O)CC(=O)Nc1ccc(-c2ccc(O)c3c2C[C@H]2C[C@H]4[C@@H](N(C)C)C(O)=C(C(N)=O)C(=O)[C@@]4(O)C(O)=C2C3=O)cc1. The van der Waals surface area contributed by atoms with Gasteiger partial charge in [0.25, 0.3) is 5.91 Å². The number of nitrogens with two attached hydrogens (primary N) is 1. The summed E-state index contributed by atoms with van der Waals surface area (Å²) in [6.45, 7) is -0.229. The number of nitrogens with one attached hydrogen (secondary N) is 1. The number of hydroxylamine groups is 2. The lowest BCUT2D eigenvalue weighted by atomic mass is 9.58. The molecule has 4 atom stereocenters. The number of fused-ring (bicyclic) bond motifs is 3. The number of amides is 2. The van der Waals surface area contributed by atoms with E-state index in [1.165, 1.54) is 18.0 Å². The van der Waals surface area contributed by atoms with Crippen molar-refractivity contribution in [3.05, 3.63) is 70.2 Å². The highest BCUT2D eigenvalue weighted by Crippen LogP contribution is 2.53. The molecular formula is C30H32N4O9. The second-order valence-corrected chi connectivity index (χ2v) is 11.4. The van der Waals surface area contributed by atoms with E-state index in [0.29, 0.717) is 22.4 Å². The van der Waals surface area contributed by atoms with Crippen LogP contribution in [0.3, 0.4) is 0 Å². The van der Waals surface area contributed by atoms with E-state index in [1.54, 1.807) is 44.4 Å². The molecule has 0 fully saturated rings. The van der Waals surface area contributed by atoms with Crippen LogP contribution in [0.15, 0.2) is 59.1 Å². The number of phenolic OH excluding ortho intramolecular Hbond substituents is 1. The predicted octanol–water partition coefficient (Wildman–Crippen LogP) is 1.05. The molecule has 3 aliphatic carbocycles. The summed E-state index contributed by atoms with van der Waals surface area (Å²) in [6.07, 6.45) is 0.116. The highest BCUT2D eigenvalue weighted by Gasteiger charge is 2.63. The summed E-state index contributed by atoms with van der Waals surface area (Å²) in [5.74, 6) is -7.53. The average molecular weight is 593 g/mol. The first kappa shape index (κ1) is 29.9. The fourth-order valence-electron chi connectivity index (χ4n) is 6.66. The molecule has 13 heteroatoms. The molecule has 2 amide bonds. The van der Waals surface area contributed by atoms with E-state index in [9.17, 15) is 44.8 Å². The molecule has 0 unspecified atom stereocenters. The number of phenols is 1. The smallest absolute Gasteiger partial charge is 0.255 e. The molecule has 0 aromatic heterocycles. The molecule has 5 rings (SSSR count). The number of likely N-dealkylation sites (N-methyl/N-ethyl adjacent to an activating group) is 2. The fourth-order valence-corrected chi connectivity index (χ4v) is 6.66. The summed E-state index contributed by atoms with van der Waals surface area (Å²) in [4.78, 5) is 52.9. The van der Waals surface area contributed by atoms with Crippen LogP contribution in [0.5, 0.6) is 5.75 Å². The Kier molecular flexibility index (Phi) is 7.38. The number of primary amides is 1. The van der Waals surface area contributed by atoms with Crippen LogP contribution in [0.4, 0.5) is 5.69 Å². The van der Waals surface area contributed by atoms with Gasteiger partial charge in [-0.15, -0.1) is 0 Å². The van der Waals surface area contributed by atoms with Gasteiger partial charge < -0.3 is 36.7 Å². The zero-order valence-electron chi connectivity index (χ0n) is 23.7. The van der Waals surface area contributed by atoms with Gasteiger partial charge in [-0.1, -0.05) is 18.2 Å². The van der Waals surface area contributed by atoms with Crippen molar-refractivity contribution >= 4 is 29.1 Å². The van der Waals surface area contributed by atoms with Crippen LogP contribution in [-0.4, -0.2) is 98.3 Å². The van der Waals surface area contributed by atoms with Crippen molar-refractivity contribution in [3.63, 3.8) is 0 Å². The maximum atomic E-state index is 13.9. The number of rotatable bonds is 6. The number of allylic oxidation sites excluding steroid dienone is 1. The topological polar surface area (TPSA) is 214 Å². The Bertz CT molecular complexity index is 1630. The third-order valence-corrected chi connectivity index (χ3v) is 8.46.